The molecule has 1 atom stereocenters. The molecule has 5 nitrogen and oxygen atoms in total. The Kier molecular flexibility index (Phi) is 5.58. The Morgan fingerprint density at radius 2 is 1.91 bits per heavy atom. The molecule has 0 unspecified atom stereocenters. The molecule has 3 N–H and O–H groups in total. The van der Waals surface area contributed by atoms with Crippen molar-refractivity contribution in [2.24, 2.45) is 5.92 Å². The average molecular weight is 322 g/mol. The van der Waals surface area contributed by atoms with Crippen molar-refractivity contribution in [3.8, 4) is 0 Å². The molecule has 1 aromatic carbocycles. The minimum Gasteiger partial charge on any atom is -0.481 e. The number of hydrogen-bond acceptors (Lipinski definition) is 2. The van der Waals surface area contributed by atoms with E-state index in [1.807, 2.05) is 6.92 Å². The molecule has 1 aromatic rings. The maximum Gasteiger partial charge on any atom is 0.315 e. The Morgan fingerprint density at radius 1 is 1.26 bits per heavy atom. The molecule has 2 amide bonds. The molecule has 0 spiro atoms. The van der Waals surface area contributed by atoms with E-state index < -0.39 is 5.97 Å². The Morgan fingerprint density at radius 3 is 2.48 bits per heavy atom. The Labute approximate surface area is 135 Å². The monoisotopic (exact) mass is 322 g/mol. The summed E-state index contributed by atoms with van der Waals surface area (Å²) in [6.45, 7) is 3.53. The van der Waals surface area contributed by atoms with Crippen LogP contribution in [0, 0.1) is 18.7 Å². The SMILES string of the molecule is Cc1cc([C@@H](C)NC(=O)NC2CCC(C(=O)O)CC2)ccc1F. The van der Waals surface area contributed by atoms with Crippen molar-refractivity contribution in [3.63, 3.8) is 0 Å². The van der Waals surface area contributed by atoms with Gasteiger partial charge in [0.1, 0.15) is 5.82 Å². The van der Waals surface area contributed by atoms with Crippen LogP contribution >= 0.6 is 0 Å². The van der Waals surface area contributed by atoms with Gasteiger partial charge in [-0.15, -0.1) is 0 Å². The fourth-order valence-electron chi connectivity index (χ4n) is 2.93. The van der Waals surface area contributed by atoms with E-state index >= 15 is 0 Å². The summed E-state index contributed by atoms with van der Waals surface area (Å²) in [5.41, 5.74) is 1.39. The quantitative estimate of drug-likeness (QED) is 0.797. The zero-order chi connectivity index (χ0) is 17.0. The minimum absolute atomic E-state index is 0.00718. The van der Waals surface area contributed by atoms with Crippen molar-refractivity contribution in [3.05, 3.63) is 35.1 Å². The highest BCUT2D eigenvalue weighted by Gasteiger charge is 2.26. The molecule has 0 saturated heterocycles. The number of amides is 2. The highest BCUT2D eigenvalue weighted by Crippen LogP contribution is 2.24. The van der Waals surface area contributed by atoms with E-state index in [9.17, 15) is 14.0 Å². The van der Waals surface area contributed by atoms with Crippen molar-refractivity contribution < 1.29 is 19.1 Å². The van der Waals surface area contributed by atoms with Gasteiger partial charge in [-0.25, -0.2) is 9.18 Å². The second kappa shape index (κ2) is 7.44. The molecule has 0 aromatic heterocycles. The summed E-state index contributed by atoms with van der Waals surface area (Å²) in [6, 6.07) is 4.27. The molecular weight excluding hydrogens is 299 g/mol. The lowest BCUT2D eigenvalue weighted by Gasteiger charge is -2.27. The topological polar surface area (TPSA) is 78.4 Å². The second-order valence-electron chi connectivity index (χ2n) is 6.23. The van der Waals surface area contributed by atoms with Gasteiger partial charge < -0.3 is 15.7 Å². The van der Waals surface area contributed by atoms with Crippen LogP contribution in [0.25, 0.3) is 0 Å². The molecule has 23 heavy (non-hydrogen) atoms. The van der Waals surface area contributed by atoms with Crippen molar-refractivity contribution in [1.29, 1.82) is 0 Å². The number of urea groups is 1. The predicted molar refractivity (Wildman–Crippen MR) is 84.6 cm³/mol. The van der Waals surface area contributed by atoms with Gasteiger partial charge >= 0.3 is 12.0 Å². The number of carbonyl (C=O) groups excluding carboxylic acids is 1. The number of nitrogens with one attached hydrogen (secondary N) is 2. The number of carbonyl (C=O) groups is 2. The van der Waals surface area contributed by atoms with Gasteiger partial charge in [0.05, 0.1) is 12.0 Å². The third-order valence-electron chi connectivity index (χ3n) is 4.44. The molecule has 1 saturated carbocycles. The number of carboxylic acid groups (broad SMARTS) is 1. The molecule has 6 heteroatoms. The molecule has 0 radical (unpaired) electrons. The summed E-state index contributed by atoms with van der Waals surface area (Å²) in [4.78, 5) is 23.0. The van der Waals surface area contributed by atoms with Gasteiger partial charge in [-0.3, -0.25) is 4.79 Å². The molecule has 126 valence electrons. The van der Waals surface area contributed by atoms with Crippen LogP contribution in [-0.2, 0) is 4.79 Å². The van der Waals surface area contributed by atoms with Crippen LogP contribution in [0.5, 0.6) is 0 Å². The van der Waals surface area contributed by atoms with E-state index in [0.29, 0.717) is 31.2 Å². The van der Waals surface area contributed by atoms with E-state index in [-0.39, 0.29) is 29.8 Å². The van der Waals surface area contributed by atoms with Gasteiger partial charge in [0.25, 0.3) is 0 Å². The lowest BCUT2D eigenvalue weighted by atomic mass is 9.86. The normalized spacial score (nSPS) is 22.2. The average Bonchev–Trinajstić information content (AvgIpc) is 2.50. The fourth-order valence-corrected chi connectivity index (χ4v) is 2.93. The molecule has 0 bridgehead atoms. The summed E-state index contributed by atoms with van der Waals surface area (Å²) in [6.07, 6.45) is 2.53. The van der Waals surface area contributed by atoms with E-state index in [1.165, 1.54) is 6.07 Å². The van der Waals surface area contributed by atoms with E-state index in [0.717, 1.165) is 5.56 Å². The maximum absolute atomic E-state index is 13.3. The van der Waals surface area contributed by atoms with E-state index in [4.69, 9.17) is 5.11 Å². The first kappa shape index (κ1) is 17.2. The third-order valence-corrected chi connectivity index (χ3v) is 4.44. The highest BCUT2D eigenvalue weighted by atomic mass is 19.1. The number of hydrogen-bond donors (Lipinski definition) is 3. The van der Waals surface area contributed by atoms with E-state index in [2.05, 4.69) is 10.6 Å². The Balaban J connectivity index is 1.82. The standard InChI is InChI=1S/C17H23FN2O3/c1-10-9-13(5-8-15(10)18)11(2)19-17(23)20-14-6-3-12(4-7-14)16(21)22/h5,8-9,11-12,14H,3-4,6-7H2,1-2H3,(H,21,22)(H2,19,20,23)/t11-,12?,14?/m1/s1. The smallest absolute Gasteiger partial charge is 0.315 e. The molecule has 2 rings (SSSR count). The van der Waals surface area contributed by atoms with Gasteiger partial charge in [0, 0.05) is 6.04 Å². The number of benzene rings is 1. The van der Waals surface area contributed by atoms with Crippen LogP contribution < -0.4 is 10.6 Å². The summed E-state index contributed by atoms with van der Waals surface area (Å²) in [7, 11) is 0. The summed E-state index contributed by atoms with van der Waals surface area (Å²) < 4.78 is 13.3. The van der Waals surface area contributed by atoms with Gasteiger partial charge in [0.15, 0.2) is 0 Å². The van der Waals surface area contributed by atoms with Crippen LogP contribution in [0.3, 0.4) is 0 Å². The predicted octanol–water partition coefficient (Wildman–Crippen LogP) is 3.14. The third kappa shape index (κ3) is 4.68. The van der Waals surface area contributed by atoms with Gasteiger partial charge in [-0.2, -0.15) is 0 Å². The van der Waals surface area contributed by atoms with Crippen LogP contribution in [-0.4, -0.2) is 23.1 Å². The number of carboxylic acids is 1. The molecule has 1 aliphatic carbocycles. The molecule has 1 fully saturated rings. The number of aryl methyl sites for hydroxylation is 1. The Bertz CT molecular complexity index is 583. The van der Waals surface area contributed by atoms with Crippen molar-refractivity contribution in [2.45, 2.75) is 51.6 Å². The first-order valence-electron chi connectivity index (χ1n) is 7.92. The van der Waals surface area contributed by atoms with Crippen molar-refractivity contribution in [1.82, 2.24) is 10.6 Å². The molecule has 0 heterocycles. The van der Waals surface area contributed by atoms with Gasteiger partial charge in [-0.1, -0.05) is 12.1 Å². The fraction of sp³-hybridized carbons (Fsp3) is 0.529. The second-order valence-corrected chi connectivity index (χ2v) is 6.23. The lowest BCUT2D eigenvalue weighted by molar-refractivity contribution is -0.142. The van der Waals surface area contributed by atoms with Crippen LogP contribution in [0.4, 0.5) is 9.18 Å². The highest BCUT2D eigenvalue weighted by molar-refractivity contribution is 5.75. The first-order valence-corrected chi connectivity index (χ1v) is 7.92. The van der Waals surface area contributed by atoms with E-state index in [1.54, 1.807) is 19.1 Å². The maximum atomic E-state index is 13.3. The van der Waals surface area contributed by atoms with Crippen LogP contribution in [0.2, 0.25) is 0 Å². The zero-order valence-electron chi connectivity index (χ0n) is 13.4. The summed E-state index contributed by atoms with van der Waals surface area (Å²) >= 11 is 0. The minimum atomic E-state index is -0.756. The summed E-state index contributed by atoms with van der Waals surface area (Å²) in [5.74, 6) is -1.31. The van der Waals surface area contributed by atoms with Crippen LogP contribution in [0.1, 0.15) is 49.8 Å². The van der Waals surface area contributed by atoms with Gasteiger partial charge in [0.2, 0.25) is 0 Å². The van der Waals surface area contributed by atoms with Gasteiger partial charge in [-0.05, 0) is 56.7 Å². The lowest BCUT2D eigenvalue weighted by Crippen LogP contribution is -2.44. The largest absolute Gasteiger partial charge is 0.481 e. The molecule has 1 aliphatic rings. The van der Waals surface area contributed by atoms with Crippen LogP contribution in [0.15, 0.2) is 18.2 Å². The number of rotatable bonds is 4. The molecular formula is C17H23FN2O3. The first-order chi connectivity index (χ1) is 10.9. The van der Waals surface area contributed by atoms with Crippen molar-refractivity contribution >= 4 is 12.0 Å². The number of aliphatic carboxylic acids is 1. The summed E-state index contributed by atoms with van der Waals surface area (Å²) in [5, 5.41) is 14.7. The number of halogens is 1. The molecule has 0 aliphatic heterocycles. The zero-order valence-corrected chi connectivity index (χ0v) is 13.4. The van der Waals surface area contributed by atoms with Crippen molar-refractivity contribution in [2.75, 3.05) is 0 Å². The Hall–Kier alpha value is -2.11.